The summed E-state index contributed by atoms with van der Waals surface area (Å²) in [5.74, 6) is -0.134. The van der Waals surface area contributed by atoms with E-state index in [0.29, 0.717) is 11.3 Å². The van der Waals surface area contributed by atoms with Crippen LogP contribution >= 0.6 is 0 Å². The van der Waals surface area contributed by atoms with E-state index in [0.717, 1.165) is 11.1 Å². The van der Waals surface area contributed by atoms with Gasteiger partial charge in [0, 0.05) is 17.2 Å². The summed E-state index contributed by atoms with van der Waals surface area (Å²) in [6.07, 6.45) is 2.95. The maximum Gasteiger partial charge on any atom is 0.269 e. The predicted molar refractivity (Wildman–Crippen MR) is 88.8 cm³/mol. The maximum atomic E-state index is 11.9. The molecule has 0 spiro atoms. The average Bonchev–Trinajstić information content (AvgIpc) is 2.58. The molecule has 0 saturated carbocycles. The van der Waals surface area contributed by atoms with Gasteiger partial charge in [-0.05, 0) is 31.2 Å². The zero-order chi connectivity index (χ0) is 16.7. The molecule has 118 valence electrons. The lowest BCUT2D eigenvalue weighted by atomic mass is 10.1. The SMILES string of the molecule is COc1ccccc1C=CC(=O)NNC(=O)c1cccc(C)c1. The zero-order valence-corrected chi connectivity index (χ0v) is 13.0. The van der Waals surface area contributed by atoms with Crippen molar-refractivity contribution in [1.82, 2.24) is 10.9 Å². The molecule has 0 aliphatic rings. The first-order valence-electron chi connectivity index (χ1n) is 7.08. The minimum atomic E-state index is -0.433. The Morgan fingerprint density at radius 2 is 1.83 bits per heavy atom. The number of hydrogen-bond acceptors (Lipinski definition) is 3. The lowest BCUT2D eigenvalue weighted by Gasteiger charge is -2.06. The van der Waals surface area contributed by atoms with Gasteiger partial charge in [0.05, 0.1) is 7.11 Å². The first-order chi connectivity index (χ1) is 11.1. The van der Waals surface area contributed by atoms with Crippen molar-refractivity contribution in [2.24, 2.45) is 0 Å². The van der Waals surface area contributed by atoms with Crippen molar-refractivity contribution in [3.05, 3.63) is 71.3 Å². The molecule has 0 aliphatic carbocycles. The number of methoxy groups -OCH3 is 1. The summed E-state index contributed by atoms with van der Waals surface area (Å²) in [7, 11) is 1.56. The minimum absolute atomic E-state index is 0.368. The molecule has 2 N–H and O–H groups in total. The van der Waals surface area contributed by atoms with E-state index in [1.54, 1.807) is 37.5 Å². The van der Waals surface area contributed by atoms with Crippen molar-refractivity contribution in [2.75, 3.05) is 7.11 Å². The molecule has 2 aromatic rings. The molecule has 0 heterocycles. The predicted octanol–water partition coefficient (Wildman–Crippen LogP) is 2.48. The van der Waals surface area contributed by atoms with Crippen LogP contribution in [0, 0.1) is 6.92 Å². The molecule has 2 rings (SSSR count). The summed E-state index contributed by atoms with van der Waals surface area (Å²) in [6.45, 7) is 1.89. The van der Waals surface area contributed by atoms with E-state index in [4.69, 9.17) is 4.74 Å². The number of para-hydroxylation sites is 1. The van der Waals surface area contributed by atoms with Gasteiger partial charge in [0.2, 0.25) is 0 Å². The van der Waals surface area contributed by atoms with Gasteiger partial charge in [0.25, 0.3) is 11.8 Å². The quantitative estimate of drug-likeness (QED) is 0.673. The van der Waals surface area contributed by atoms with Crippen LogP contribution in [0.25, 0.3) is 6.08 Å². The molecule has 0 aromatic heterocycles. The smallest absolute Gasteiger partial charge is 0.269 e. The van der Waals surface area contributed by atoms with E-state index in [1.807, 2.05) is 31.2 Å². The van der Waals surface area contributed by atoms with Gasteiger partial charge in [-0.2, -0.15) is 0 Å². The highest BCUT2D eigenvalue weighted by molar-refractivity contribution is 5.98. The first kappa shape index (κ1) is 16.3. The summed E-state index contributed by atoms with van der Waals surface area (Å²) in [5, 5.41) is 0. The Bertz CT molecular complexity index is 739. The standard InChI is InChI=1S/C18H18N2O3/c1-13-6-5-8-15(12-13)18(22)20-19-17(21)11-10-14-7-3-4-9-16(14)23-2/h3-12H,1-2H3,(H,19,21)(H,20,22). The second kappa shape index (κ2) is 7.79. The van der Waals surface area contributed by atoms with Gasteiger partial charge in [-0.25, -0.2) is 0 Å². The molecule has 2 aromatic carbocycles. The molecule has 0 unspecified atom stereocenters. The fourth-order valence-corrected chi connectivity index (χ4v) is 1.99. The second-order valence-electron chi connectivity index (χ2n) is 4.89. The molecular weight excluding hydrogens is 292 g/mol. The van der Waals surface area contributed by atoms with Gasteiger partial charge in [0.1, 0.15) is 5.75 Å². The molecule has 23 heavy (non-hydrogen) atoms. The fraction of sp³-hybridized carbons (Fsp3) is 0.111. The first-order valence-corrected chi connectivity index (χ1v) is 7.08. The summed E-state index contributed by atoms with van der Waals surface area (Å²) in [4.78, 5) is 23.7. The highest BCUT2D eigenvalue weighted by Gasteiger charge is 2.06. The highest BCUT2D eigenvalue weighted by Crippen LogP contribution is 2.18. The van der Waals surface area contributed by atoms with Crippen molar-refractivity contribution < 1.29 is 14.3 Å². The monoisotopic (exact) mass is 310 g/mol. The number of hydrazine groups is 1. The van der Waals surface area contributed by atoms with Crippen LogP contribution in [-0.2, 0) is 4.79 Å². The van der Waals surface area contributed by atoms with E-state index in [9.17, 15) is 9.59 Å². The lowest BCUT2D eigenvalue weighted by molar-refractivity contribution is -0.117. The Balaban J connectivity index is 1.92. The third kappa shape index (κ3) is 4.71. The summed E-state index contributed by atoms with van der Waals surface area (Å²) in [5.41, 5.74) is 6.94. The van der Waals surface area contributed by atoms with Crippen LogP contribution in [0.1, 0.15) is 21.5 Å². The van der Waals surface area contributed by atoms with Gasteiger partial charge in [-0.3, -0.25) is 20.4 Å². The number of amides is 2. The van der Waals surface area contributed by atoms with E-state index in [1.165, 1.54) is 6.08 Å². The van der Waals surface area contributed by atoms with Gasteiger partial charge in [0.15, 0.2) is 0 Å². The van der Waals surface area contributed by atoms with Crippen LogP contribution < -0.4 is 15.6 Å². The molecule has 0 bridgehead atoms. The second-order valence-corrected chi connectivity index (χ2v) is 4.89. The van der Waals surface area contributed by atoms with Gasteiger partial charge >= 0.3 is 0 Å². The summed E-state index contributed by atoms with van der Waals surface area (Å²) < 4.78 is 5.19. The third-order valence-electron chi connectivity index (χ3n) is 3.13. The van der Waals surface area contributed by atoms with Gasteiger partial charge in [-0.15, -0.1) is 0 Å². The third-order valence-corrected chi connectivity index (χ3v) is 3.13. The minimum Gasteiger partial charge on any atom is -0.496 e. The average molecular weight is 310 g/mol. The van der Waals surface area contributed by atoms with Gasteiger partial charge < -0.3 is 4.74 Å². The number of carbonyl (C=O) groups is 2. The highest BCUT2D eigenvalue weighted by atomic mass is 16.5. The molecule has 0 saturated heterocycles. The zero-order valence-electron chi connectivity index (χ0n) is 13.0. The normalized spacial score (nSPS) is 10.3. The number of benzene rings is 2. The number of carbonyl (C=O) groups excluding carboxylic acids is 2. The molecule has 0 radical (unpaired) electrons. The molecule has 2 amide bonds. The largest absolute Gasteiger partial charge is 0.496 e. The number of nitrogens with one attached hydrogen (secondary N) is 2. The Morgan fingerprint density at radius 3 is 2.57 bits per heavy atom. The molecular formula is C18H18N2O3. The van der Waals surface area contributed by atoms with Crippen LogP contribution in [0.15, 0.2) is 54.6 Å². The Hall–Kier alpha value is -3.08. The Kier molecular flexibility index (Phi) is 5.52. The molecule has 0 aliphatic heterocycles. The van der Waals surface area contributed by atoms with Crippen molar-refractivity contribution in [3.63, 3.8) is 0 Å². The van der Waals surface area contributed by atoms with Crippen molar-refractivity contribution in [1.29, 1.82) is 0 Å². The Morgan fingerprint density at radius 1 is 1.04 bits per heavy atom. The number of hydrogen-bond donors (Lipinski definition) is 2. The van der Waals surface area contributed by atoms with E-state index >= 15 is 0 Å². The maximum absolute atomic E-state index is 11.9. The van der Waals surface area contributed by atoms with Gasteiger partial charge in [-0.1, -0.05) is 35.9 Å². The van der Waals surface area contributed by atoms with Crippen LogP contribution in [0.2, 0.25) is 0 Å². The fourth-order valence-electron chi connectivity index (χ4n) is 1.99. The van der Waals surface area contributed by atoms with Crippen LogP contribution in [0.3, 0.4) is 0 Å². The number of ether oxygens (including phenoxy) is 1. The van der Waals surface area contributed by atoms with Crippen LogP contribution in [-0.4, -0.2) is 18.9 Å². The molecule has 5 heteroatoms. The van der Waals surface area contributed by atoms with Crippen molar-refractivity contribution in [3.8, 4) is 5.75 Å². The van der Waals surface area contributed by atoms with E-state index < -0.39 is 5.91 Å². The van der Waals surface area contributed by atoms with Crippen LogP contribution in [0.5, 0.6) is 5.75 Å². The topological polar surface area (TPSA) is 67.4 Å². The number of rotatable bonds is 4. The van der Waals surface area contributed by atoms with E-state index in [2.05, 4.69) is 10.9 Å². The van der Waals surface area contributed by atoms with Crippen LogP contribution in [0.4, 0.5) is 0 Å². The number of aryl methyl sites for hydroxylation is 1. The summed E-state index contributed by atoms with van der Waals surface area (Å²) in [6, 6.07) is 14.4. The molecule has 0 fully saturated rings. The summed E-state index contributed by atoms with van der Waals surface area (Å²) >= 11 is 0. The van der Waals surface area contributed by atoms with Crippen molar-refractivity contribution in [2.45, 2.75) is 6.92 Å². The molecule has 5 nitrogen and oxygen atoms in total. The Labute approximate surface area is 134 Å². The lowest BCUT2D eigenvalue weighted by Crippen LogP contribution is -2.40. The molecule has 0 atom stereocenters. The van der Waals surface area contributed by atoms with Crippen molar-refractivity contribution >= 4 is 17.9 Å². The van der Waals surface area contributed by atoms with E-state index in [-0.39, 0.29) is 5.91 Å².